The number of nitrogens with zero attached hydrogens (tertiary/aromatic N) is 1. The Kier molecular flexibility index (Phi) is 8.63. The van der Waals surface area contributed by atoms with Crippen LogP contribution >= 0.6 is 0 Å². The zero-order chi connectivity index (χ0) is 23.8. The summed E-state index contributed by atoms with van der Waals surface area (Å²) in [5, 5.41) is 11.0. The van der Waals surface area contributed by atoms with Gasteiger partial charge in [-0.1, -0.05) is 55.5 Å². The molecule has 4 atom stereocenters. The number of allylic oxidation sites excluding steroid dienone is 1. The molecule has 1 heterocycles. The standard InChI is InChI=1S/C26H31NO6/c1-4-8-18(2)23(28)24(32-16-20-11-13-22(31-3)14-12-20)25(29)27-21(17-33-26(27)30)15-19-9-6-5-7-10-19/h4-7,9-14,18,21,23-24,28H,1,8,15-17H2,2-3H3/t18-,21-,23+,24-/m1/s1. The van der Waals surface area contributed by atoms with Crippen molar-refractivity contribution >= 4 is 12.0 Å². The lowest BCUT2D eigenvalue weighted by Gasteiger charge is -2.30. The molecule has 3 rings (SSSR count). The molecule has 2 aromatic rings. The second-order valence-electron chi connectivity index (χ2n) is 8.20. The molecule has 7 nitrogen and oxygen atoms in total. The van der Waals surface area contributed by atoms with Crippen molar-refractivity contribution in [3.8, 4) is 5.75 Å². The molecule has 1 aliphatic rings. The van der Waals surface area contributed by atoms with Crippen molar-refractivity contribution in [3.63, 3.8) is 0 Å². The van der Waals surface area contributed by atoms with Crippen LogP contribution < -0.4 is 4.74 Å². The predicted molar refractivity (Wildman–Crippen MR) is 124 cm³/mol. The number of cyclic esters (lactones) is 1. The van der Waals surface area contributed by atoms with E-state index in [0.29, 0.717) is 18.6 Å². The lowest BCUT2D eigenvalue weighted by atomic mass is 9.95. The third kappa shape index (κ3) is 6.21. The number of aliphatic hydroxyl groups excluding tert-OH is 1. The van der Waals surface area contributed by atoms with Crippen molar-refractivity contribution in [3.05, 3.63) is 78.4 Å². The Balaban J connectivity index is 1.79. The first-order valence-corrected chi connectivity index (χ1v) is 11.0. The summed E-state index contributed by atoms with van der Waals surface area (Å²) in [4.78, 5) is 27.1. The molecule has 33 heavy (non-hydrogen) atoms. The van der Waals surface area contributed by atoms with Gasteiger partial charge in [0.1, 0.15) is 12.4 Å². The topological polar surface area (TPSA) is 85.3 Å². The average molecular weight is 454 g/mol. The van der Waals surface area contributed by atoms with Crippen molar-refractivity contribution in [1.29, 1.82) is 0 Å². The fraction of sp³-hybridized carbons (Fsp3) is 0.385. The van der Waals surface area contributed by atoms with Crippen molar-refractivity contribution in [2.24, 2.45) is 5.92 Å². The van der Waals surface area contributed by atoms with Crippen LogP contribution in [0.15, 0.2) is 67.3 Å². The van der Waals surface area contributed by atoms with E-state index in [1.165, 1.54) is 0 Å². The van der Waals surface area contributed by atoms with Crippen LogP contribution in [0.25, 0.3) is 0 Å². The first-order valence-electron chi connectivity index (χ1n) is 11.0. The highest BCUT2D eigenvalue weighted by atomic mass is 16.6. The molecule has 0 radical (unpaired) electrons. The van der Waals surface area contributed by atoms with Crippen LogP contribution in [-0.2, 0) is 27.3 Å². The third-order valence-corrected chi connectivity index (χ3v) is 5.78. The van der Waals surface area contributed by atoms with E-state index in [9.17, 15) is 14.7 Å². The van der Waals surface area contributed by atoms with Gasteiger partial charge in [-0.25, -0.2) is 9.69 Å². The monoisotopic (exact) mass is 453 g/mol. The number of aliphatic hydroxyl groups is 1. The lowest BCUT2D eigenvalue weighted by Crippen LogP contribution is -2.51. The van der Waals surface area contributed by atoms with E-state index in [0.717, 1.165) is 16.0 Å². The Hall–Kier alpha value is -3.16. The summed E-state index contributed by atoms with van der Waals surface area (Å²) in [6.45, 7) is 5.71. The van der Waals surface area contributed by atoms with Gasteiger partial charge in [0, 0.05) is 0 Å². The summed E-state index contributed by atoms with van der Waals surface area (Å²) in [5.41, 5.74) is 1.79. The Morgan fingerprint density at radius 3 is 2.55 bits per heavy atom. The molecule has 1 aliphatic heterocycles. The van der Waals surface area contributed by atoms with Crippen molar-refractivity contribution in [2.45, 2.75) is 44.6 Å². The van der Waals surface area contributed by atoms with Gasteiger partial charge < -0.3 is 19.3 Å². The van der Waals surface area contributed by atoms with E-state index >= 15 is 0 Å². The number of amides is 2. The maximum atomic E-state index is 13.5. The normalized spacial score (nSPS) is 18.3. The van der Waals surface area contributed by atoms with Gasteiger partial charge in [0.25, 0.3) is 5.91 Å². The molecule has 0 aliphatic carbocycles. The highest BCUT2D eigenvalue weighted by Crippen LogP contribution is 2.24. The van der Waals surface area contributed by atoms with E-state index < -0.39 is 30.3 Å². The number of rotatable bonds is 11. The maximum absolute atomic E-state index is 13.5. The van der Waals surface area contributed by atoms with Gasteiger partial charge in [0.2, 0.25) is 0 Å². The maximum Gasteiger partial charge on any atom is 0.417 e. The van der Waals surface area contributed by atoms with Gasteiger partial charge in [-0.3, -0.25) is 4.79 Å². The van der Waals surface area contributed by atoms with Gasteiger partial charge >= 0.3 is 6.09 Å². The number of ether oxygens (including phenoxy) is 3. The number of carbonyl (C=O) groups is 2. The third-order valence-electron chi connectivity index (χ3n) is 5.78. The molecular formula is C26H31NO6. The van der Waals surface area contributed by atoms with E-state index in [1.807, 2.05) is 49.4 Å². The molecule has 0 spiro atoms. The zero-order valence-corrected chi connectivity index (χ0v) is 19.1. The SMILES string of the molecule is C=CC[C@@H](C)[C@H](O)[C@@H](OCc1ccc(OC)cc1)C(=O)N1C(=O)OC[C@H]1Cc1ccccc1. The van der Waals surface area contributed by atoms with E-state index in [-0.39, 0.29) is 19.1 Å². The molecule has 1 fully saturated rings. The fourth-order valence-electron chi connectivity index (χ4n) is 3.83. The van der Waals surface area contributed by atoms with Gasteiger partial charge in [-0.05, 0) is 42.0 Å². The van der Waals surface area contributed by atoms with Crippen molar-refractivity contribution < 1.29 is 28.9 Å². The van der Waals surface area contributed by atoms with Gasteiger partial charge in [0.05, 0.1) is 25.9 Å². The Labute approximate surface area is 194 Å². The zero-order valence-electron chi connectivity index (χ0n) is 19.1. The highest BCUT2D eigenvalue weighted by molar-refractivity contribution is 5.96. The van der Waals surface area contributed by atoms with E-state index in [1.54, 1.807) is 25.3 Å². The molecule has 1 N–H and O–H groups in total. The quantitative estimate of drug-likeness (QED) is 0.522. The van der Waals surface area contributed by atoms with E-state index in [2.05, 4.69) is 6.58 Å². The van der Waals surface area contributed by atoms with Gasteiger partial charge in [-0.15, -0.1) is 6.58 Å². The Bertz CT molecular complexity index is 930. The summed E-state index contributed by atoms with van der Waals surface area (Å²) in [7, 11) is 1.58. The molecule has 0 aromatic heterocycles. The summed E-state index contributed by atoms with van der Waals surface area (Å²) in [6.07, 6.45) is -0.439. The van der Waals surface area contributed by atoms with Crippen molar-refractivity contribution in [1.82, 2.24) is 4.90 Å². The molecule has 0 saturated carbocycles. The second-order valence-corrected chi connectivity index (χ2v) is 8.20. The second kappa shape index (κ2) is 11.6. The molecule has 2 aromatic carbocycles. The van der Waals surface area contributed by atoms with Crippen molar-refractivity contribution in [2.75, 3.05) is 13.7 Å². The summed E-state index contributed by atoms with van der Waals surface area (Å²) >= 11 is 0. The predicted octanol–water partition coefficient (Wildman–Crippen LogP) is 3.74. The van der Waals surface area contributed by atoms with Crippen LogP contribution in [0.2, 0.25) is 0 Å². The fourth-order valence-corrected chi connectivity index (χ4v) is 3.83. The van der Waals surface area contributed by atoms with Crippen LogP contribution in [0.3, 0.4) is 0 Å². The summed E-state index contributed by atoms with van der Waals surface area (Å²) in [5.74, 6) is -0.191. The largest absolute Gasteiger partial charge is 0.497 e. The van der Waals surface area contributed by atoms with Crippen LogP contribution in [-0.4, -0.2) is 54.0 Å². The Morgan fingerprint density at radius 1 is 1.21 bits per heavy atom. The number of benzene rings is 2. The molecular weight excluding hydrogens is 422 g/mol. The molecule has 1 saturated heterocycles. The molecule has 7 heteroatoms. The first-order chi connectivity index (χ1) is 15.9. The number of hydrogen-bond acceptors (Lipinski definition) is 6. The minimum absolute atomic E-state index is 0.0878. The van der Waals surface area contributed by atoms with Gasteiger partial charge in [0.15, 0.2) is 6.10 Å². The summed E-state index contributed by atoms with van der Waals surface area (Å²) < 4.78 is 16.3. The van der Waals surface area contributed by atoms with E-state index in [4.69, 9.17) is 14.2 Å². The van der Waals surface area contributed by atoms with Crippen LogP contribution in [0, 0.1) is 5.92 Å². The van der Waals surface area contributed by atoms with Crippen LogP contribution in [0.1, 0.15) is 24.5 Å². The number of hydrogen-bond donors (Lipinski definition) is 1. The molecule has 0 bridgehead atoms. The highest BCUT2D eigenvalue weighted by Gasteiger charge is 2.44. The van der Waals surface area contributed by atoms with Crippen LogP contribution in [0.4, 0.5) is 4.79 Å². The number of imide groups is 1. The first kappa shape index (κ1) is 24.5. The molecule has 176 valence electrons. The summed E-state index contributed by atoms with van der Waals surface area (Å²) in [6, 6.07) is 16.3. The minimum atomic E-state index is -1.23. The number of carbonyl (C=O) groups excluding carboxylic acids is 2. The Morgan fingerprint density at radius 2 is 1.91 bits per heavy atom. The minimum Gasteiger partial charge on any atom is -0.497 e. The lowest BCUT2D eigenvalue weighted by molar-refractivity contribution is -0.153. The molecule has 0 unspecified atom stereocenters. The van der Waals surface area contributed by atoms with Crippen LogP contribution in [0.5, 0.6) is 5.75 Å². The number of methoxy groups -OCH3 is 1. The molecule has 2 amide bonds. The smallest absolute Gasteiger partial charge is 0.417 e. The van der Waals surface area contributed by atoms with Gasteiger partial charge in [-0.2, -0.15) is 0 Å². The average Bonchev–Trinajstić information content (AvgIpc) is 3.19.